The Labute approximate surface area is 148 Å². The topological polar surface area (TPSA) is 37.3 Å². The minimum absolute atomic E-state index is 0.213. The second kappa shape index (κ2) is 6.64. The fourth-order valence-corrected chi connectivity index (χ4v) is 4.51. The van der Waals surface area contributed by atoms with Crippen molar-refractivity contribution in [3.8, 4) is 0 Å². The lowest BCUT2D eigenvalue weighted by Crippen LogP contribution is -3.15. The van der Waals surface area contributed by atoms with Crippen LogP contribution < -0.4 is 10.3 Å². The van der Waals surface area contributed by atoms with Crippen LogP contribution in [-0.2, 0) is 6.54 Å². The van der Waals surface area contributed by atoms with Crippen molar-refractivity contribution in [2.75, 3.05) is 6.54 Å². The maximum Gasteiger partial charge on any atom is 0.198 e. The average Bonchev–Trinajstić information content (AvgIpc) is 2.65. The summed E-state index contributed by atoms with van der Waals surface area (Å²) < 4.78 is 0. The Morgan fingerprint density at radius 2 is 1.96 bits per heavy atom. The van der Waals surface area contributed by atoms with Crippen LogP contribution >= 0.6 is 0 Å². The molecule has 0 saturated carbocycles. The van der Waals surface area contributed by atoms with E-state index >= 15 is 0 Å². The van der Waals surface area contributed by atoms with E-state index < -0.39 is 0 Å². The second-order valence-electron chi connectivity index (χ2n) is 7.45. The Hall–Kier alpha value is -2.13. The van der Waals surface area contributed by atoms with E-state index in [1.165, 1.54) is 37.6 Å². The normalized spacial score (nSPS) is 21.0. The minimum Gasteiger partial charge on any atom is -0.357 e. The quantitative estimate of drug-likeness (QED) is 0.708. The van der Waals surface area contributed by atoms with Gasteiger partial charge >= 0.3 is 0 Å². The maximum absolute atomic E-state index is 13.2. The van der Waals surface area contributed by atoms with Gasteiger partial charge in [-0.05, 0) is 44.1 Å². The van der Waals surface area contributed by atoms with Crippen LogP contribution in [0.1, 0.15) is 43.9 Å². The third-order valence-corrected chi connectivity index (χ3v) is 5.99. The molecule has 2 N–H and O–H groups in total. The molecule has 25 heavy (non-hydrogen) atoms. The summed E-state index contributed by atoms with van der Waals surface area (Å²) in [7, 11) is 0. The highest BCUT2D eigenvalue weighted by Gasteiger charge is 2.26. The second-order valence-corrected chi connectivity index (χ2v) is 7.45. The van der Waals surface area contributed by atoms with Crippen molar-refractivity contribution < 1.29 is 4.90 Å². The number of aromatic nitrogens is 1. The van der Waals surface area contributed by atoms with E-state index in [1.54, 1.807) is 4.90 Å². The molecule has 3 nitrogen and oxygen atoms in total. The maximum atomic E-state index is 13.2. The zero-order chi connectivity index (χ0) is 17.4. The molecule has 2 atom stereocenters. The summed E-state index contributed by atoms with van der Waals surface area (Å²) in [5.74, 6) is 0. The van der Waals surface area contributed by atoms with Gasteiger partial charge in [0.15, 0.2) is 5.43 Å². The molecule has 3 heteroatoms. The summed E-state index contributed by atoms with van der Waals surface area (Å²) >= 11 is 0. The van der Waals surface area contributed by atoms with Crippen LogP contribution in [0.5, 0.6) is 0 Å². The van der Waals surface area contributed by atoms with Crippen LogP contribution in [-0.4, -0.2) is 17.6 Å². The van der Waals surface area contributed by atoms with E-state index in [0.717, 1.165) is 34.1 Å². The van der Waals surface area contributed by atoms with Gasteiger partial charge in [-0.15, -0.1) is 0 Å². The molecule has 1 aliphatic rings. The zero-order valence-corrected chi connectivity index (χ0v) is 15.2. The first-order valence-electron chi connectivity index (χ1n) is 9.57. The molecule has 3 aromatic rings. The number of quaternary nitrogens is 1. The zero-order valence-electron chi connectivity index (χ0n) is 15.2. The Bertz CT molecular complexity index is 973. The molecule has 1 aromatic heterocycles. The Morgan fingerprint density at radius 3 is 2.80 bits per heavy atom. The summed E-state index contributed by atoms with van der Waals surface area (Å²) in [5.41, 5.74) is 3.19. The summed E-state index contributed by atoms with van der Waals surface area (Å²) in [6, 6.07) is 13.0. The molecule has 0 radical (unpaired) electrons. The summed E-state index contributed by atoms with van der Waals surface area (Å²) in [6.07, 6.45) is 5.10. The van der Waals surface area contributed by atoms with Crippen molar-refractivity contribution in [2.24, 2.45) is 0 Å². The van der Waals surface area contributed by atoms with Crippen molar-refractivity contribution in [2.45, 2.75) is 52.1 Å². The number of fused-ring (bicyclic) bond motifs is 3. The van der Waals surface area contributed by atoms with Crippen molar-refractivity contribution in [1.29, 1.82) is 0 Å². The van der Waals surface area contributed by atoms with E-state index in [1.807, 2.05) is 18.2 Å². The number of benzene rings is 2. The highest BCUT2D eigenvalue weighted by molar-refractivity contribution is 6.05. The van der Waals surface area contributed by atoms with E-state index in [2.05, 4.69) is 37.0 Å². The third-order valence-electron chi connectivity index (χ3n) is 5.99. The van der Waals surface area contributed by atoms with Gasteiger partial charge in [0.25, 0.3) is 0 Å². The first-order valence-corrected chi connectivity index (χ1v) is 9.57. The number of nitrogens with one attached hydrogen (secondary N) is 2. The van der Waals surface area contributed by atoms with Gasteiger partial charge in [0, 0.05) is 16.5 Å². The van der Waals surface area contributed by atoms with Gasteiger partial charge in [-0.1, -0.05) is 37.3 Å². The largest absolute Gasteiger partial charge is 0.357 e. The molecule has 130 valence electrons. The first-order chi connectivity index (χ1) is 12.2. The van der Waals surface area contributed by atoms with Crippen molar-refractivity contribution in [1.82, 2.24) is 4.98 Å². The van der Waals surface area contributed by atoms with Crippen molar-refractivity contribution >= 4 is 21.7 Å². The molecule has 0 aliphatic carbocycles. The predicted molar refractivity (Wildman–Crippen MR) is 104 cm³/mol. The van der Waals surface area contributed by atoms with E-state index in [4.69, 9.17) is 0 Å². The molecule has 2 aromatic carbocycles. The summed E-state index contributed by atoms with van der Waals surface area (Å²) in [5, 5.41) is 3.12. The van der Waals surface area contributed by atoms with Gasteiger partial charge in [0.2, 0.25) is 0 Å². The van der Waals surface area contributed by atoms with Crippen LogP contribution in [0, 0.1) is 6.92 Å². The molecule has 1 aliphatic heterocycles. The first kappa shape index (κ1) is 16.3. The van der Waals surface area contributed by atoms with Gasteiger partial charge in [-0.3, -0.25) is 4.79 Å². The Morgan fingerprint density at radius 1 is 1.12 bits per heavy atom. The van der Waals surface area contributed by atoms with E-state index in [0.29, 0.717) is 6.04 Å². The van der Waals surface area contributed by atoms with Gasteiger partial charge in [-0.2, -0.15) is 0 Å². The molecule has 0 spiro atoms. The van der Waals surface area contributed by atoms with Crippen LogP contribution in [0.25, 0.3) is 21.7 Å². The number of pyridine rings is 1. The van der Waals surface area contributed by atoms with Crippen LogP contribution in [0.3, 0.4) is 0 Å². The summed E-state index contributed by atoms with van der Waals surface area (Å²) in [4.78, 5) is 18.4. The molecule has 4 rings (SSSR count). The molecule has 0 bridgehead atoms. The molecule has 0 amide bonds. The fraction of sp³-hybridized carbons (Fsp3) is 0.409. The molecule has 1 fully saturated rings. The highest BCUT2D eigenvalue weighted by Crippen LogP contribution is 2.22. The number of H-pyrrole nitrogens is 1. The monoisotopic (exact) mass is 335 g/mol. The minimum atomic E-state index is 0.213. The lowest BCUT2D eigenvalue weighted by atomic mass is 9.98. The van der Waals surface area contributed by atoms with Gasteiger partial charge in [-0.25, -0.2) is 0 Å². The Kier molecular flexibility index (Phi) is 4.34. The predicted octanol–water partition coefficient (Wildman–Crippen LogP) is 3.34. The third kappa shape index (κ3) is 2.87. The van der Waals surface area contributed by atoms with Crippen LogP contribution in [0.4, 0.5) is 0 Å². The number of aromatic amines is 1. The average molecular weight is 335 g/mol. The molecule has 1 unspecified atom stereocenters. The van der Waals surface area contributed by atoms with Gasteiger partial charge in [0.1, 0.15) is 6.54 Å². The summed E-state index contributed by atoms with van der Waals surface area (Å²) in [6.45, 7) is 6.37. The van der Waals surface area contributed by atoms with Gasteiger partial charge < -0.3 is 9.88 Å². The number of likely N-dealkylation sites (tertiary alicyclic amines) is 1. The van der Waals surface area contributed by atoms with Crippen LogP contribution in [0.15, 0.2) is 41.2 Å². The van der Waals surface area contributed by atoms with Crippen molar-refractivity contribution in [3.05, 3.63) is 57.9 Å². The van der Waals surface area contributed by atoms with E-state index in [-0.39, 0.29) is 5.43 Å². The highest BCUT2D eigenvalue weighted by atomic mass is 16.1. The van der Waals surface area contributed by atoms with Crippen LogP contribution in [0.2, 0.25) is 0 Å². The van der Waals surface area contributed by atoms with Crippen molar-refractivity contribution in [3.63, 3.8) is 0 Å². The SMILES string of the molecule is CC[C@@H]1CCCC[NH+]1Cc1c(C)[nH]c2c(ccc3ccccc32)c1=O. The molecule has 2 heterocycles. The number of aryl methyl sites for hydroxylation is 1. The lowest BCUT2D eigenvalue weighted by Gasteiger charge is -2.32. The molecule has 1 saturated heterocycles. The number of rotatable bonds is 3. The number of piperidine rings is 1. The Balaban J connectivity index is 1.82. The molecular weight excluding hydrogens is 308 g/mol. The smallest absolute Gasteiger partial charge is 0.198 e. The lowest BCUT2D eigenvalue weighted by molar-refractivity contribution is -0.944. The van der Waals surface area contributed by atoms with Gasteiger partial charge in [0.05, 0.1) is 23.7 Å². The fourth-order valence-electron chi connectivity index (χ4n) is 4.51. The standard InChI is InChI=1S/C22H26N2O/c1-3-17-9-6-7-13-24(17)14-20-15(2)23-21-18-10-5-4-8-16(18)11-12-19(21)22(20)25/h4-5,8,10-12,17H,3,6-7,9,13-14H2,1-2H3,(H,23,25)/p+1/t17-/m1/s1. The molecular formula is C22H27N2O+. The number of hydrogen-bond acceptors (Lipinski definition) is 1. The van der Waals surface area contributed by atoms with E-state index in [9.17, 15) is 4.79 Å². The number of hydrogen-bond donors (Lipinski definition) is 2.